The van der Waals surface area contributed by atoms with Crippen molar-refractivity contribution in [2.75, 3.05) is 12.0 Å². The smallest absolute Gasteiger partial charge is 0.245 e. The molecule has 0 spiro atoms. The van der Waals surface area contributed by atoms with Crippen LogP contribution in [0.2, 0.25) is 0 Å². The number of hydrogen-bond acceptors (Lipinski definition) is 5. The Kier molecular flexibility index (Phi) is 4.98. The van der Waals surface area contributed by atoms with Crippen molar-refractivity contribution in [2.45, 2.75) is 24.0 Å². The van der Waals surface area contributed by atoms with E-state index in [1.165, 1.54) is 0 Å². The molecule has 4 atom stereocenters. The zero-order valence-corrected chi connectivity index (χ0v) is 17.5. The van der Waals surface area contributed by atoms with Gasteiger partial charge in [0, 0.05) is 16.2 Å². The van der Waals surface area contributed by atoms with Gasteiger partial charge in [0.25, 0.3) is 0 Å². The molecule has 0 aromatic heterocycles. The minimum absolute atomic E-state index is 0.120. The van der Waals surface area contributed by atoms with Crippen LogP contribution in [-0.2, 0) is 0 Å². The molecule has 5 rings (SSSR count). The number of para-hydroxylation sites is 1. The fraction of sp³-hybridized carbons (Fsp3) is 0.192. The van der Waals surface area contributed by atoms with Crippen LogP contribution in [0.25, 0.3) is 6.08 Å². The van der Waals surface area contributed by atoms with Gasteiger partial charge in [-0.3, -0.25) is 14.9 Å². The molecule has 0 amide bonds. The number of ketones is 1. The van der Waals surface area contributed by atoms with E-state index in [9.17, 15) is 14.9 Å². The number of anilines is 1. The van der Waals surface area contributed by atoms with E-state index in [1.54, 1.807) is 31.4 Å². The molecule has 0 aliphatic carbocycles. The van der Waals surface area contributed by atoms with Gasteiger partial charge >= 0.3 is 0 Å². The summed E-state index contributed by atoms with van der Waals surface area (Å²) < 4.78 is 5.27. The van der Waals surface area contributed by atoms with Crippen LogP contribution in [0.1, 0.15) is 27.4 Å². The van der Waals surface area contributed by atoms with Gasteiger partial charge in [-0.25, -0.2) is 0 Å². The van der Waals surface area contributed by atoms with Gasteiger partial charge in [-0.05, 0) is 29.3 Å². The third-order valence-corrected chi connectivity index (χ3v) is 6.44. The van der Waals surface area contributed by atoms with Gasteiger partial charge in [0.05, 0.1) is 13.0 Å². The summed E-state index contributed by atoms with van der Waals surface area (Å²) in [5, 5.41) is 12.4. The summed E-state index contributed by atoms with van der Waals surface area (Å²) in [6, 6.07) is 21.8. The van der Waals surface area contributed by atoms with Crippen molar-refractivity contribution in [1.29, 1.82) is 0 Å². The number of benzene rings is 3. The first-order chi connectivity index (χ1) is 15.6. The number of hydrogen-bond donors (Lipinski definition) is 0. The molecule has 0 N–H and O–H groups in total. The molecule has 0 bridgehead atoms. The predicted octanol–water partition coefficient (Wildman–Crippen LogP) is 4.59. The van der Waals surface area contributed by atoms with E-state index in [-0.39, 0.29) is 10.7 Å². The Morgan fingerprint density at radius 3 is 2.34 bits per heavy atom. The molecule has 2 aliphatic heterocycles. The number of carbonyl (C=O) groups is 1. The third-order valence-electron chi connectivity index (χ3n) is 6.44. The molecular weight excluding hydrogens is 404 g/mol. The summed E-state index contributed by atoms with van der Waals surface area (Å²) in [6.07, 6.45) is 3.79. The number of Topliss-reactive ketones (excluding diaryl/α,β-unsaturated/α-hetero) is 1. The van der Waals surface area contributed by atoms with Crippen LogP contribution in [0.3, 0.4) is 0 Å². The summed E-state index contributed by atoms with van der Waals surface area (Å²) in [6.45, 7) is 0. The lowest BCUT2D eigenvalue weighted by Crippen LogP contribution is -2.44. The average molecular weight is 426 g/mol. The van der Waals surface area contributed by atoms with Gasteiger partial charge in [0.2, 0.25) is 6.04 Å². The summed E-state index contributed by atoms with van der Waals surface area (Å²) in [5.41, 5.74) is 3.09. The normalized spacial score (nSPS) is 23.3. The minimum atomic E-state index is -0.967. The van der Waals surface area contributed by atoms with E-state index in [0.29, 0.717) is 11.3 Å². The summed E-state index contributed by atoms with van der Waals surface area (Å²) in [5.74, 6) is -0.0754. The highest BCUT2D eigenvalue weighted by Gasteiger charge is 2.58. The molecule has 160 valence electrons. The molecule has 0 radical (unpaired) electrons. The van der Waals surface area contributed by atoms with Crippen LogP contribution >= 0.6 is 0 Å². The second kappa shape index (κ2) is 7.96. The highest BCUT2D eigenvalue weighted by atomic mass is 16.6. The first-order valence-electron chi connectivity index (χ1n) is 10.5. The number of carbonyl (C=O) groups excluding carboxylic acids is 1. The van der Waals surface area contributed by atoms with Crippen molar-refractivity contribution in [3.63, 3.8) is 0 Å². The summed E-state index contributed by atoms with van der Waals surface area (Å²) in [7, 11) is 1.58. The van der Waals surface area contributed by atoms with E-state index < -0.39 is 24.0 Å². The number of fused-ring (bicyclic) bond motifs is 3. The molecule has 6 heteroatoms. The topological polar surface area (TPSA) is 72.7 Å². The first kappa shape index (κ1) is 20.0. The van der Waals surface area contributed by atoms with Gasteiger partial charge < -0.3 is 9.64 Å². The van der Waals surface area contributed by atoms with E-state index in [1.807, 2.05) is 71.6 Å². The highest BCUT2D eigenvalue weighted by Crippen LogP contribution is 2.47. The molecule has 3 aromatic rings. The Hall–Kier alpha value is -3.93. The minimum Gasteiger partial charge on any atom is -0.497 e. The van der Waals surface area contributed by atoms with E-state index >= 15 is 0 Å². The van der Waals surface area contributed by atoms with Gasteiger partial charge in [-0.1, -0.05) is 72.8 Å². The maximum atomic E-state index is 13.9. The van der Waals surface area contributed by atoms with Crippen LogP contribution in [0, 0.1) is 10.1 Å². The Labute approximate surface area is 185 Å². The molecule has 1 fully saturated rings. The molecule has 6 nitrogen and oxygen atoms in total. The second-order valence-corrected chi connectivity index (χ2v) is 8.07. The average Bonchev–Trinajstić information content (AvgIpc) is 3.20. The Morgan fingerprint density at radius 1 is 0.969 bits per heavy atom. The molecule has 32 heavy (non-hydrogen) atoms. The van der Waals surface area contributed by atoms with Crippen molar-refractivity contribution in [3.05, 3.63) is 112 Å². The standard InChI is InChI=1S/C26H22N2O4/c1-32-20-14-11-18(12-15-20)23-24(28(30)31)22-16-13-17-7-5-6-10-21(17)27(22)25(23)26(29)19-8-3-2-4-9-19/h2-16,22-25H,1H3/t22-,23-,24-,25-/m0/s1. The van der Waals surface area contributed by atoms with Crippen molar-refractivity contribution >= 4 is 17.5 Å². The van der Waals surface area contributed by atoms with Crippen LogP contribution in [-0.4, -0.2) is 35.9 Å². The van der Waals surface area contributed by atoms with Crippen LogP contribution < -0.4 is 9.64 Å². The van der Waals surface area contributed by atoms with E-state index in [0.717, 1.165) is 16.8 Å². The monoisotopic (exact) mass is 426 g/mol. The first-order valence-corrected chi connectivity index (χ1v) is 10.5. The zero-order valence-electron chi connectivity index (χ0n) is 17.5. The number of methoxy groups -OCH3 is 1. The lowest BCUT2D eigenvalue weighted by Gasteiger charge is -2.34. The van der Waals surface area contributed by atoms with Gasteiger partial charge in [-0.2, -0.15) is 0 Å². The quantitative estimate of drug-likeness (QED) is 0.339. The zero-order chi connectivity index (χ0) is 22.2. The van der Waals surface area contributed by atoms with Gasteiger partial charge in [0.15, 0.2) is 5.78 Å². The number of rotatable bonds is 5. The Bertz CT molecular complexity index is 1190. The lowest BCUT2D eigenvalue weighted by molar-refractivity contribution is -0.524. The van der Waals surface area contributed by atoms with E-state index in [2.05, 4.69) is 0 Å². The molecule has 0 unspecified atom stereocenters. The van der Waals surface area contributed by atoms with Crippen molar-refractivity contribution < 1.29 is 14.5 Å². The molecule has 2 aliphatic rings. The largest absolute Gasteiger partial charge is 0.497 e. The Balaban J connectivity index is 1.71. The molecule has 0 saturated carbocycles. The van der Waals surface area contributed by atoms with Crippen LogP contribution in [0.5, 0.6) is 5.75 Å². The lowest BCUT2D eigenvalue weighted by atomic mass is 9.83. The fourth-order valence-corrected chi connectivity index (χ4v) is 5.03. The third kappa shape index (κ3) is 3.15. The SMILES string of the molecule is COc1ccc([C@H]2[C@@H]([N+](=O)[O-])[C@@H]3C=Cc4ccccc4N3[C@@H]2C(=O)c2ccccc2)cc1. The molecular formula is C26H22N2O4. The van der Waals surface area contributed by atoms with Crippen molar-refractivity contribution in [2.24, 2.45) is 0 Å². The number of nitrogens with zero attached hydrogens (tertiary/aromatic N) is 2. The van der Waals surface area contributed by atoms with Gasteiger partial charge in [0.1, 0.15) is 17.8 Å². The van der Waals surface area contributed by atoms with Crippen molar-refractivity contribution in [3.8, 4) is 5.75 Å². The Morgan fingerprint density at radius 2 is 1.66 bits per heavy atom. The fourth-order valence-electron chi connectivity index (χ4n) is 5.03. The molecule has 2 heterocycles. The highest BCUT2D eigenvalue weighted by molar-refractivity contribution is 6.04. The van der Waals surface area contributed by atoms with Gasteiger partial charge in [-0.15, -0.1) is 0 Å². The summed E-state index contributed by atoms with van der Waals surface area (Å²) in [4.78, 5) is 28.0. The maximum Gasteiger partial charge on any atom is 0.245 e. The van der Waals surface area contributed by atoms with Crippen LogP contribution in [0.15, 0.2) is 84.9 Å². The summed E-state index contributed by atoms with van der Waals surface area (Å²) >= 11 is 0. The predicted molar refractivity (Wildman–Crippen MR) is 123 cm³/mol. The number of nitro groups is 1. The van der Waals surface area contributed by atoms with E-state index in [4.69, 9.17) is 4.74 Å². The number of ether oxygens (including phenoxy) is 1. The van der Waals surface area contributed by atoms with Crippen LogP contribution in [0.4, 0.5) is 5.69 Å². The molecule has 3 aromatic carbocycles. The second-order valence-electron chi connectivity index (χ2n) is 8.07. The maximum absolute atomic E-state index is 13.9. The molecule has 1 saturated heterocycles. The van der Waals surface area contributed by atoms with Crippen molar-refractivity contribution in [1.82, 2.24) is 0 Å².